The minimum absolute atomic E-state index is 0.488. The Morgan fingerprint density at radius 2 is 2.40 bits per heavy atom. The van der Waals surface area contributed by atoms with E-state index in [0.29, 0.717) is 5.92 Å². The molecule has 0 bridgehead atoms. The predicted octanol–water partition coefficient (Wildman–Crippen LogP) is 1.56. The standard InChI is InChI=1S/C8H8N2/c1-2-4-8-7(3-1)5-6-9-10-8/h1-4,6-7H,5H2. The molecule has 2 rings (SSSR count). The first-order valence-electron chi connectivity index (χ1n) is 3.41. The van der Waals surface area contributed by atoms with Gasteiger partial charge >= 0.3 is 0 Å². The molecule has 1 aliphatic heterocycles. The van der Waals surface area contributed by atoms with Gasteiger partial charge in [-0.05, 0) is 12.5 Å². The van der Waals surface area contributed by atoms with Crippen molar-refractivity contribution in [3.63, 3.8) is 0 Å². The van der Waals surface area contributed by atoms with Gasteiger partial charge in [0.2, 0.25) is 0 Å². The van der Waals surface area contributed by atoms with Gasteiger partial charge in [-0.1, -0.05) is 18.2 Å². The fourth-order valence-electron chi connectivity index (χ4n) is 1.15. The van der Waals surface area contributed by atoms with Gasteiger partial charge in [-0.2, -0.15) is 10.2 Å². The van der Waals surface area contributed by atoms with E-state index in [1.807, 2.05) is 18.4 Å². The lowest BCUT2D eigenvalue weighted by Gasteiger charge is -2.14. The van der Waals surface area contributed by atoms with Gasteiger partial charge in [0.05, 0.1) is 5.71 Å². The van der Waals surface area contributed by atoms with Gasteiger partial charge in [0.15, 0.2) is 0 Å². The molecular weight excluding hydrogens is 124 g/mol. The van der Waals surface area contributed by atoms with Crippen LogP contribution in [0.2, 0.25) is 0 Å². The van der Waals surface area contributed by atoms with Crippen molar-refractivity contribution in [2.45, 2.75) is 6.42 Å². The summed E-state index contributed by atoms with van der Waals surface area (Å²) < 4.78 is 0. The number of hydrogen-bond acceptors (Lipinski definition) is 2. The lowest BCUT2D eigenvalue weighted by molar-refractivity contribution is 0.886. The molecule has 1 heterocycles. The molecule has 2 aliphatic rings. The lowest BCUT2D eigenvalue weighted by Crippen LogP contribution is -2.14. The molecule has 0 aromatic heterocycles. The van der Waals surface area contributed by atoms with E-state index in [9.17, 15) is 0 Å². The fourth-order valence-corrected chi connectivity index (χ4v) is 1.15. The highest BCUT2D eigenvalue weighted by Gasteiger charge is 2.13. The van der Waals surface area contributed by atoms with Crippen molar-refractivity contribution < 1.29 is 0 Å². The molecule has 10 heavy (non-hydrogen) atoms. The Bertz CT molecular complexity index is 246. The molecule has 0 N–H and O–H groups in total. The zero-order valence-corrected chi connectivity index (χ0v) is 5.57. The van der Waals surface area contributed by atoms with Crippen molar-refractivity contribution in [1.82, 2.24) is 0 Å². The van der Waals surface area contributed by atoms with Crippen LogP contribution in [0, 0.1) is 5.92 Å². The number of allylic oxidation sites excluding steroid dienone is 4. The fraction of sp³-hybridized carbons (Fsp3) is 0.250. The molecule has 0 radical (unpaired) electrons. The normalized spacial score (nSPS) is 28.0. The third kappa shape index (κ3) is 0.817. The number of nitrogens with zero attached hydrogens (tertiary/aromatic N) is 2. The molecule has 1 unspecified atom stereocenters. The minimum Gasteiger partial charge on any atom is -0.163 e. The van der Waals surface area contributed by atoms with Crippen LogP contribution in [0.15, 0.2) is 34.5 Å². The maximum absolute atomic E-state index is 4.00. The Kier molecular flexibility index (Phi) is 1.24. The van der Waals surface area contributed by atoms with Crippen LogP contribution >= 0.6 is 0 Å². The summed E-state index contributed by atoms with van der Waals surface area (Å²) in [5, 5.41) is 7.84. The summed E-state index contributed by atoms with van der Waals surface area (Å²) in [6.07, 6.45) is 11.1. The van der Waals surface area contributed by atoms with Crippen molar-refractivity contribution in [2.75, 3.05) is 0 Å². The van der Waals surface area contributed by atoms with Gasteiger partial charge in [0.1, 0.15) is 0 Å². The van der Waals surface area contributed by atoms with E-state index in [-0.39, 0.29) is 0 Å². The largest absolute Gasteiger partial charge is 0.163 e. The second kappa shape index (κ2) is 2.21. The quantitative estimate of drug-likeness (QED) is 0.478. The molecule has 0 spiro atoms. The molecule has 0 aromatic carbocycles. The zero-order valence-electron chi connectivity index (χ0n) is 5.57. The summed E-state index contributed by atoms with van der Waals surface area (Å²) in [5.41, 5.74) is 1.09. The van der Waals surface area contributed by atoms with Crippen LogP contribution < -0.4 is 0 Å². The predicted molar refractivity (Wildman–Crippen MR) is 42.3 cm³/mol. The Labute approximate surface area is 59.7 Å². The minimum atomic E-state index is 0.488. The molecule has 1 atom stereocenters. The van der Waals surface area contributed by atoms with Gasteiger partial charge in [-0.15, -0.1) is 0 Å². The molecule has 0 fully saturated rings. The highest BCUT2D eigenvalue weighted by atomic mass is 15.2. The van der Waals surface area contributed by atoms with Crippen LogP contribution in [-0.4, -0.2) is 11.9 Å². The number of rotatable bonds is 0. The van der Waals surface area contributed by atoms with Gasteiger partial charge in [-0.3, -0.25) is 0 Å². The summed E-state index contributed by atoms with van der Waals surface area (Å²) in [7, 11) is 0. The van der Waals surface area contributed by atoms with Crippen LogP contribution in [0.4, 0.5) is 0 Å². The van der Waals surface area contributed by atoms with E-state index >= 15 is 0 Å². The molecule has 0 saturated carbocycles. The highest BCUT2D eigenvalue weighted by molar-refractivity contribution is 6.01. The average molecular weight is 132 g/mol. The van der Waals surface area contributed by atoms with E-state index in [2.05, 4.69) is 22.4 Å². The van der Waals surface area contributed by atoms with E-state index < -0.39 is 0 Å². The van der Waals surface area contributed by atoms with Crippen LogP contribution in [0.3, 0.4) is 0 Å². The Balaban J connectivity index is 2.34. The van der Waals surface area contributed by atoms with Gasteiger partial charge < -0.3 is 0 Å². The van der Waals surface area contributed by atoms with Gasteiger partial charge in [0.25, 0.3) is 0 Å². The summed E-state index contributed by atoms with van der Waals surface area (Å²) in [6, 6.07) is 0. The van der Waals surface area contributed by atoms with E-state index in [1.54, 1.807) is 0 Å². The van der Waals surface area contributed by atoms with E-state index in [0.717, 1.165) is 12.1 Å². The second-order valence-corrected chi connectivity index (χ2v) is 2.41. The van der Waals surface area contributed by atoms with Crippen LogP contribution in [0.1, 0.15) is 6.42 Å². The van der Waals surface area contributed by atoms with Crippen molar-refractivity contribution in [2.24, 2.45) is 16.1 Å². The number of fused-ring (bicyclic) bond motifs is 1. The smallest absolute Gasteiger partial charge is 0.0702 e. The van der Waals surface area contributed by atoms with Crippen molar-refractivity contribution >= 4 is 11.9 Å². The summed E-state index contributed by atoms with van der Waals surface area (Å²) in [4.78, 5) is 0. The third-order valence-corrected chi connectivity index (χ3v) is 1.72. The lowest BCUT2D eigenvalue weighted by atomic mass is 9.95. The van der Waals surface area contributed by atoms with Crippen molar-refractivity contribution in [3.8, 4) is 0 Å². The summed E-state index contributed by atoms with van der Waals surface area (Å²) in [5.74, 6) is 0.488. The topological polar surface area (TPSA) is 24.7 Å². The monoisotopic (exact) mass is 132 g/mol. The SMILES string of the molecule is C1=CC2=NN=CCC2C=C1. The summed E-state index contributed by atoms with van der Waals surface area (Å²) in [6.45, 7) is 0. The molecule has 0 saturated heterocycles. The second-order valence-electron chi connectivity index (χ2n) is 2.41. The molecular formula is C8H8N2. The maximum Gasteiger partial charge on any atom is 0.0702 e. The average Bonchev–Trinajstić information content (AvgIpc) is 2.05. The molecule has 0 amide bonds. The Hall–Kier alpha value is -1.18. The molecule has 2 heteroatoms. The van der Waals surface area contributed by atoms with Crippen molar-refractivity contribution in [1.29, 1.82) is 0 Å². The molecule has 50 valence electrons. The summed E-state index contributed by atoms with van der Waals surface area (Å²) >= 11 is 0. The third-order valence-electron chi connectivity index (χ3n) is 1.72. The Morgan fingerprint density at radius 3 is 3.30 bits per heavy atom. The highest BCUT2D eigenvalue weighted by Crippen LogP contribution is 2.15. The van der Waals surface area contributed by atoms with Crippen LogP contribution in [0.5, 0.6) is 0 Å². The van der Waals surface area contributed by atoms with E-state index in [4.69, 9.17) is 0 Å². The van der Waals surface area contributed by atoms with Crippen LogP contribution in [0.25, 0.3) is 0 Å². The van der Waals surface area contributed by atoms with E-state index in [1.165, 1.54) is 0 Å². The number of hydrogen-bond donors (Lipinski definition) is 0. The Morgan fingerprint density at radius 1 is 1.40 bits per heavy atom. The molecule has 0 aromatic rings. The zero-order chi connectivity index (χ0) is 6.81. The maximum atomic E-state index is 4.00. The first-order chi connectivity index (χ1) is 4.97. The first-order valence-corrected chi connectivity index (χ1v) is 3.41. The molecule has 2 nitrogen and oxygen atoms in total. The van der Waals surface area contributed by atoms with Gasteiger partial charge in [0, 0.05) is 12.1 Å². The van der Waals surface area contributed by atoms with Crippen molar-refractivity contribution in [3.05, 3.63) is 24.3 Å². The van der Waals surface area contributed by atoms with Gasteiger partial charge in [-0.25, -0.2) is 0 Å². The molecule has 1 aliphatic carbocycles. The first kappa shape index (κ1) is 5.59. The van der Waals surface area contributed by atoms with Crippen LogP contribution in [-0.2, 0) is 0 Å².